The third-order valence-electron chi connectivity index (χ3n) is 6.21. The Bertz CT molecular complexity index is 750. The van der Waals surface area contributed by atoms with Crippen molar-refractivity contribution < 1.29 is 4.79 Å². The molecule has 28 heavy (non-hydrogen) atoms. The van der Waals surface area contributed by atoms with Crippen molar-refractivity contribution in [3.05, 3.63) is 54.1 Å². The van der Waals surface area contributed by atoms with Gasteiger partial charge in [0.1, 0.15) is 5.82 Å². The Hall–Kier alpha value is -1.56. The van der Waals surface area contributed by atoms with Crippen molar-refractivity contribution in [3.63, 3.8) is 0 Å². The maximum atomic E-state index is 12.6. The van der Waals surface area contributed by atoms with Crippen LogP contribution in [0.3, 0.4) is 0 Å². The van der Waals surface area contributed by atoms with Gasteiger partial charge < -0.3 is 15.6 Å². The molecule has 0 radical (unpaired) electrons. The van der Waals surface area contributed by atoms with Gasteiger partial charge in [-0.2, -0.15) is 0 Å². The van der Waals surface area contributed by atoms with Crippen molar-refractivity contribution in [2.24, 2.45) is 23.5 Å². The minimum Gasteiger partial charge on any atom is -0.349 e. The molecule has 4 atom stereocenters. The van der Waals surface area contributed by atoms with Crippen LogP contribution in [0.4, 0.5) is 0 Å². The number of halogens is 2. The number of imidazole rings is 1. The van der Waals surface area contributed by atoms with Crippen LogP contribution in [0.25, 0.3) is 0 Å². The van der Waals surface area contributed by atoms with Crippen LogP contribution in [0, 0.1) is 17.8 Å². The van der Waals surface area contributed by atoms with Gasteiger partial charge in [-0.15, -0.1) is 24.8 Å². The summed E-state index contributed by atoms with van der Waals surface area (Å²) < 4.78 is 2.14. The van der Waals surface area contributed by atoms with Gasteiger partial charge in [0.05, 0.1) is 12.5 Å². The summed E-state index contributed by atoms with van der Waals surface area (Å²) in [5, 5.41) is 3.09. The van der Waals surface area contributed by atoms with Gasteiger partial charge in [0.25, 0.3) is 0 Å². The van der Waals surface area contributed by atoms with Crippen LogP contribution in [0.1, 0.15) is 37.1 Å². The third-order valence-corrected chi connectivity index (χ3v) is 6.21. The molecule has 1 aromatic heterocycles. The predicted molar refractivity (Wildman–Crippen MR) is 116 cm³/mol. The van der Waals surface area contributed by atoms with E-state index in [1.54, 1.807) is 0 Å². The number of benzene rings is 1. The number of carbonyl (C=O) groups is 1. The first kappa shape index (κ1) is 22.7. The summed E-state index contributed by atoms with van der Waals surface area (Å²) in [6.07, 6.45) is 9.39. The normalized spacial score (nSPS) is 25.0. The average molecular weight is 425 g/mol. The van der Waals surface area contributed by atoms with Crippen LogP contribution < -0.4 is 11.1 Å². The smallest absolute Gasteiger partial charge is 0.225 e. The lowest BCUT2D eigenvalue weighted by Crippen LogP contribution is -2.45. The fraction of sp³-hybridized carbons (Fsp3) is 0.524. The van der Waals surface area contributed by atoms with Gasteiger partial charge in [-0.1, -0.05) is 30.3 Å². The summed E-state index contributed by atoms with van der Waals surface area (Å²) in [6, 6.07) is 10.6. The largest absolute Gasteiger partial charge is 0.349 e. The van der Waals surface area contributed by atoms with Crippen molar-refractivity contribution >= 4 is 30.7 Å². The molecule has 0 spiro atoms. The minimum atomic E-state index is -0.00440. The summed E-state index contributed by atoms with van der Waals surface area (Å²) in [5.41, 5.74) is 7.64. The first-order valence-electron chi connectivity index (χ1n) is 9.79. The van der Waals surface area contributed by atoms with Crippen LogP contribution >= 0.6 is 24.8 Å². The summed E-state index contributed by atoms with van der Waals surface area (Å²) >= 11 is 0. The van der Waals surface area contributed by atoms with Crippen molar-refractivity contribution in [2.75, 3.05) is 0 Å². The van der Waals surface area contributed by atoms with E-state index in [2.05, 4.69) is 39.1 Å². The number of carbonyl (C=O) groups excluding carboxylic acids is 1. The van der Waals surface area contributed by atoms with Crippen molar-refractivity contribution in [1.82, 2.24) is 14.9 Å². The number of nitrogens with two attached hydrogens (primary N) is 1. The molecule has 0 aliphatic heterocycles. The highest BCUT2D eigenvalue weighted by Crippen LogP contribution is 2.47. The molecule has 1 amide bonds. The van der Waals surface area contributed by atoms with Crippen molar-refractivity contribution in [3.8, 4) is 0 Å². The Morgan fingerprint density at radius 1 is 1.18 bits per heavy atom. The Morgan fingerprint density at radius 2 is 1.93 bits per heavy atom. The van der Waals surface area contributed by atoms with Gasteiger partial charge in [-0.3, -0.25) is 4.79 Å². The van der Waals surface area contributed by atoms with E-state index < -0.39 is 0 Å². The Morgan fingerprint density at radius 3 is 2.64 bits per heavy atom. The lowest BCUT2D eigenvalue weighted by Gasteiger charge is -2.27. The van der Waals surface area contributed by atoms with Gasteiger partial charge in [0, 0.05) is 25.0 Å². The number of rotatable bonds is 7. The topological polar surface area (TPSA) is 72.9 Å². The average Bonchev–Trinajstić information content (AvgIpc) is 3.37. The molecule has 2 aliphatic carbocycles. The maximum Gasteiger partial charge on any atom is 0.225 e. The maximum absolute atomic E-state index is 12.6. The van der Waals surface area contributed by atoms with E-state index in [9.17, 15) is 4.79 Å². The molecule has 2 fully saturated rings. The number of nitrogens with zero attached hydrogens (tertiary/aromatic N) is 2. The number of aryl methyl sites for hydroxylation is 2. The second-order valence-electron chi connectivity index (χ2n) is 7.78. The van der Waals surface area contributed by atoms with Gasteiger partial charge in [0.2, 0.25) is 5.91 Å². The summed E-state index contributed by atoms with van der Waals surface area (Å²) in [6.45, 7) is 1.39. The molecule has 0 saturated heterocycles. The number of hydrogen-bond acceptors (Lipinski definition) is 3. The fourth-order valence-corrected chi connectivity index (χ4v) is 4.82. The first-order valence-corrected chi connectivity index (χ1v) is 9.79. The zero-order chi connectivity index (χ0) is 17.9. The van der Waals surface area contributed by atoms with Gasteiger partial charge in [-0.05, 0) is 49.5 Å². The third kappa shape index (κ3) is 4.88. The van der Waals surface area contributed by atoms with Crippen LogP contribution in [-0.4, -0.2) is 21.5 Å². The molecule has 1 heterocycles. The first-order chi connectivity index (χ1) is 12.7. The van der Waals surface area contributed by atoms with Gasteiger partial charge in [0.15, 0.2) is 0 Å². The minimum absolute atomic E-state index is 0. The zero-order valence-corrected chi connectivity index (χ0v) is 17.6. The molecule has 4 rings (SSSR count). The van der Waals surface area contributed by atoms with E-state index in [1.165, 1.54) is 12.0 Å². The molecule has 2 aromatic rings. The van der Waals surface area contributed by atoms with Crippen LogP contribution in [-0.2, 0) is 24.3 Å². The predicted octanol–water partition coefficient (Wildman–Crippen LogP) is 3.35. The molecule has 1 aromatic carbocycles. The van der Waals surface area contributed by atoms with Gasteiger partial charge >= 0.3 is 0 Å². The number of hydrogen-bond donors (Lipinski definition) is 2. The molecular weight excluding hydrogens is 395 g/mol. The zero-order valence-electron chi connectivity index (χ0n) is 16.0. The molecule has 2 aliphatic rings. The molecule has 5 nitrogen and oxygen atoms in total. The number of aromatic nitrogens is 2. The summed E-state index contributed by atoms with van der Waals surface area (Å²) in [5.74, 6) is 2.07. The number of nitrogens with one attached hydrogen (secondary N) is 1. The fourth-order valence-electron chi connectivity index (χ4n) is 4.82. The molecule has 7 heteroatoms. The number of fused-ring (bicyclic) bond motifs is 2. The second kappa shape index (κ2) is 10.3. The monoisotopic (exact) mass is 424 g/mol. The molecular formula is C21H30Cl2N4O. The summed E-state index contributed by atoms with van der Waals surface area (Å²) in [4.78, 5) is 17.0. The van der Waals surface area contributed by atoms with Crippen LogP contribution in [0.2, 0.25) is 0 Å². The van der Waals surface area contributed by atoms with E-state index in [0.717, 1.165) is 38.1 Å². The summed E-state index contributed by atoms with van der Waals surface area (Å²) in [7, 11) is 0. The molecule has 2 bridgehead atoms. The Labute approximate surface area is 179 Å². The standard InChI is InChI=1S/C21H28N4O.2ClH/c22-20-17-9-8-16(13-17)19(20)21(26)24-14-18-23-10-12-25(18)11-4-7-15-5-2-1-3-6-15;;/h1-3,5-6,10,12,16-17,19-20H,4,7-9,11,13-14,22H2,(H,24,26);2*1H. The molecule has 4 unspecified atom stereocenters. The lowest BCUT2D eigenvalue weighted by molar-refractivity contribution is -0.127. The van der Waals surface area contributed by atoms with Crippen LogP contribution in [0.15, 0.2) is 42.7 Å². The van der Waals surface area contributed by atoms with E-state index >= 15 is 0 Å². The molecule has 154 valence electrons. The molecule has 2 saturated carbocycles. The van der Waals surface area contributed by atoms with E-state index in [4.69, 9.17) is 5.73 Å². The van der Waals surface area contributed by atoms with Crippen molar-refractivity contribution in [2.45, 2.75) is 51.2 Å². The van der Waals surface area contributed by atoms with Gasteiger partial charge in [-0.25, -0.2) is 4.98 Å². The molecule has 3 N–H and O–H groups in total. The SMILES string of the molecule is Cl.Cl.NC1C2CCC(C2)C1C(=O)NCc1nccn1CCCc1ccccc1. The lowest BCUT2D eigenvalue weighted by atomic mass is 9.84. The second-order valence-corrected chi connectivity index (χ2v) is 7.78. The highest BCUT2D eigenvalue weighted by atomic mass is 35.5. The Kier molecular flexibility index (Phi) is 8.35. The van der Waals surface area contributed by atoms with Crippen molar-refractivity contribution in [1.29, 1.82) is 0 Å². The highest BCUT2D eigenvalue weighted by Gasteiger charge is 2.48. The quantitative estimate of drug-likeness (QED) is 0.715. The van der Waals surface area contributed by atoms with Crippen LogP contribution in [0.5, 0.6) is 0 Å². The van der Waals surface area contributed by atoms with E-state index in [0.29, 0.717) is 18.4 Å². The van der Waals surface area contributed by atoms with E-state index in [1.807, 2.05) is 18.5 Å². The number of amides is 1. The highest BCUT2D eigenvalue weighted by molar-refractivity contribution is 5.85. The van der Waals surface area contributed by atoms with E-state index in [-0.39, 0.29) is 42.7 Å². The Balaban J connectivity index is 0.00000140.